The molecule has 116 valence electrons. The second-order valence-electron chi connectivity index (χ2n) is 4.61. The van der Waals surface area contributed by atoms with Crippen LogP contribution in [0.3, 0.4) is 0 Å². The van der Waals surface area contributed by atoms with Gasteiger partial charge in [0, 0.05) is 19.7 Å². The summed E-state index contributed by atoms with van der Waals surface area (Å²) in [5.74, 6) is -0.0777. The molecule has 2 rings (SSSR count). The van der Waals surface area contributed by atoms with E-state index in [2.05, 4.69) is 10.3 Å². The van der Waals surface area contributed by atoms with Crippen LogP contribution in [0.25, 0.3) is 0 Å². The normalized spacial score (nSPS) is 11.5. The molecule has 22 heavy (non-hydrogen) atoms. The zero-order valence-corrected chi connectivity index (χ0v) is 13.5. The number of nitrogens with one attached hydrogen (secondary N) is 1. The lowest BCUT2D eigenvalue weighted by molar-refractivity contribution is 0.102. The fourth-order valence-electron chi connectivity index (χ4n) is 1.66. The van der Waals surface area contributed by atoms with Crippen molar-refractivity contribution >= 4 is 33.3 Å². The number of nitrogens with zero attached hydrogens (tertiary/aromatic N) is 2. The van der Waals surface area contributed by atoms with Gasteiger partial charge in [0.05, 0.1) is 4.90 Å². The number of anilines is 1. The third kappa shape index (κ3) is 3.62. The molecule has 0 fully saturated rings. The summed E-state index contributed by atoms with van der Waals surface area (Å²) in [4.78, 5) is 16.1. The standard InChI is InChI=1S/C14H14ClN3O3S/c1-18(2)22(20,21)11-8-6-10(7-9-11)14(19)17-13-5-3-4-12(15)16-13/h3-9H,1-2H3,(H,16,17,19). The second kappa shape index (κ2) is 6.43. The van der Waals surface area contributed by atoms with Gasteiger partial charge < -0.3 is 5.32 Å². The van der Waals surface area contributed by atoms with E-state index in [-0.39, 0.29) is 10.0 Å². The number of benzene rings is 1. The predicted octanol–water partition coefficient (Wildman–Crippen LogP) is 2.24. The Kier molecular flexibility index (Phi) is 4.80. The molecule has 8 heteroatoms. The summed E-state index contributed by atoms with van der Waals surface area (Å²) in [6, 6.07) is 10.5. The fraction of sp³-hybridized carbons (Fsp3) is 0.143. The molecular formula is C14H14ClN3O3S. The maximum Gasteiger partial charge on any atom is 0.256 e. The van der Waals surface area contributed by atoms with E-state index in [9.17, 15) is 13.2 Å². The first-order valence-electron chi connectivity index (χ1n) is 6.27. The van der Waals surface area contributed by atoms with Crippen molar-refractivity contribution in [1.82, 2.24) is 9.29 Å². The monoisotopic (exact) mass is 339 g/mol. The van der Waals surface area contributed by atoms with Crippen LogP contribution in [0.15, 0.2) is 47.4 Å². The molecule has 0 bridgehead atoms. The van der Waals surface area contributed by atoms with Crippen LogP contribution in [0, 0.1) is 0 Å². The Bertz CT molecular complexity index is 789. The molecule has 0 radical (unpaired) electrons. The molecule has 0 aliphatic heterocycles. The van der Waals surface area contributed by atoms with Crippen LogP contribution in [0.1, 0.15) is 10.4 Å². The molecule has 2 aromatic rings. The van der Waals surface area contributed by atoms with Crippen molar-refractivity contribution in [2.24, 2.45) is 0 Å². The van der Waals surface area contributed by atoms with Crippen LogP contribution in [0.2, 0.25) is 5.15 Å². The lowest BCUT2D eigenvalue weighted by atomic mass is 10.2. The van der Waals surface area contributed by atoms with Gasteiger partial charge in [-0.05, 0) is 36.4 Å². The highest BCUT2D eigenvalue weighted by atomic mass is 35.5. The predicted molar refractivity (Wildman–Crippen MR) is 84.5 cm³/mol. The summed E-state index contributed by atoms with van der Waals surface area (Å²) in [6.07, 6.45) is 0. The van der Waals surface area contributed by atoms with Gasteiger partial charge in [-0.15, -0.1) is 0 Å². The van der Waals surface area contributed by atoms with Crippen LogP contribution < -0.4 is 5.32 Å². The first-order valence-corrected chi connectivity index (χ1v) is 8.09. The van der Waals surface area contributed by atoms with Gasteiger partial charge in [0.25, 0.3) is 5.91 Å². The van der Waals surface area contributed by atoms with Gasteiger partial charge in [-0.1, -0.05) is 17.7 Å². The lowest BCUT2D eigenvalue weighted by Crippen LogP contribution is -2.22. The van der Waals surface area contributed by atoms with Crippen LogP contribution in [0.5, 0.6) is 0 Å². The van der Waals surface area contributed by atoms with E-state index in [0.29, 0.717) is 11.4 Å². The van der Waals surface area contributed by atoms with E-state index >= 15 is 0 Å². The quantitative estimate of drug-likeness (QED) is 0.866. The van der Waals surface area contributed by atoms with Crippen LogP contribution in [-0.4, -0.2) is 37.7 Å². The SMILES string of the molecule is CN(C)S(=O)(=O)c1ccc(C(=O)Nc2cccc(Cl)n2)cc1. The van der Waals surface area contributed by atoms with E-state index in [1.54, 1.807) is 18.2 Å². The van der Waals surface area contributed by atoms with Crippen molar-refractivity contribution in [2.75, 3.05) is 19.4 Å². The van der Waals surface area contributed by atoms with Gasteiger partial charge in [-0.25, -0.2) is 17.7 Å². The minimum atomic E-state index is -3.51. The minimum absolute atomic E-state index is 0.120. The topological polar surface area (TPSA) is 79.4 Å². The molecule has 1 N–H and O–H groups in total. The summed E-state index contributed by atoms with van der Waals surface area (Å²) < 4.78 is 25.0. The average molecular weight is 340 g/mol. The molecule has 1 aromatic heterocycles. The Balaban J connectivity index is 2.19. The van der Waals surface area contributed by atoms with Gasteiger partial charge in [-0.2, -0.15) is 0 Å². The van der Waals surface area contributed by atoms with Crippen molar-refractivity contribution in [2.45, 2.75) is 4.90 Å². The zero-order valence-electron chi connectivity index (χ0n) is 11.9. The summed E-state index contributed by atoms with van der Waals surface area (Å²) >= 11 is 5.74. The highest BCUT2D eigenvalue weighted by molar-refractivity contribution is 7.89. The number of aromatic nitrogens is 1. The summed E-state index contributed by atoms with van der Waals surface area (Å²) in [5.41, 5.74) is 0.319. The number of sulfonamides is 1. The Morgan fingerprint density at radius 1 is 1.14 bits per heavy atom. The number of carbonyl (C=O) groups is 1. The number of amides is 1. The molecule has 1 amide bonds. The Labute approximate surface area is 133 Å². The summed E-state index contributed by atoms with van der Waals surface area (Å²) in [5, 5.41) is 2.85. The first kappa shape index (κ1) is 16.4. The average Bonchev–Trinajstić information content (AvgIpc) is 2.47. The van der Waals surface area contributed by atoms with E-state index < -0.39 is 15.9 Å². The molecule has 0 atom stereocenters. The Hall–Kier alpha value is -1.96. The molecule has 0 unspecified atom stereocenters. The lowest BCUT2D eigenvalue weighted by Gasteiger charge is -2.11. The van der Waals surface area contributed by atoms with E-state index in [1.807, 2.05) is 0 Å². The van der Waals surface area contributed by atoms with E-state index in [1.165, 1.54) is 38.4 Å². The second-order valence-corrected chi connectivity index (χ2v) is 7.15. The molecule has 6 nitrogen and oxygen atoms in total. The molecule has 0 saturated heterocycles. The molecule has 0 aliphatic carbocycles. The van der Waals surface area contributed by atoms with Crippen molar-refractivity contribution in [3.63, 3.8) is 0 Å². The maximum absolute atomic E-state index is 12.1. The summed E-state index contributed by atoms with van der Waals surface area (Å²) in [6.45, 7) is 0. The third-order valence-corrected chi connectivity index (χ3v) is 4.89. The number of rotatable bonds is 4. The highest BCUT2D eigenvalue weighted by Crippen LogP contribution is 2.15. The number of carbonyl (C=O) groups excluding carboxylic acids is 1. The van der Waals surface area contributed by atoms with Gasteiger partial charge in [-0.3, -0.25) is 4.79 Å². The molecule has 1 aromatic carbocycles. The van der Waals surface area contributed by atoms with E-state index in [0.717, 1.165) is 4.31 Å². The van der Waals surface area contributed by atoms with Crippen molar-refractivity contribution in [1.29, 1.82) is 0 Å². The van der Waals surface area contributed by atoms with Gasteiger partial charge in [0.15, 0.2) is 0 Å². The molecule has 0 aliphatic rings. The number of hydrogen-bond donors (Lipinski definition) is 1. The summed E-state index contributed by atoms with van der Waals surface area (Å²) in [7, 11) is -0.622. The van der Waals surface area contributed by atoms with Crippen LogP contribution >= 0.6 is 11.6 Å². The Morgan fingerprint density at radius 3 is 2.32 bits per heavy atom. The third-order valence-electron chi connectivity index (χ3n) is 2.85. The van der Waals surface area contributed by atoms with Crippen molar-refractivity contribution < 1.29 is 13.2 Å². The van der Waals surface area contributed by atoms with Crippen LogP contribution in [-0.2, 0) is 10.0 Å². The van der Waals surface area contributed by atoms with Crippen LogP contribution in [0.4, 0.5) is 5.82 Å². The highest BCUT2D eigenvalue weighted by Gasteiger charge is 2.17. The van der Waals surface area contributed by atoms with E-state index in [4.69, 9.17) is 11.6 Å². The maximum atomic E-state index is 12.1. The van der Waals surface area contributed by atoms with Gasteiger partial charge in [0.2, 0.25) is 10.0 Å². The smallest absolute Gasteiger partial charge is 0.256 e. The van der Waals surface area contributed by atoms with Crippen molar-refractivity contribution in [3.05, 3.63) is 53.2 Å². The Morgan fingerprint density at radius 2 is 1.77 bits per heavy atom. The van der Waals surface area contributed by atoms with Crippen molar-refractivity contribution in [3.8, 4) is 0 Å². The minimum Gasteiger partial charge on any atom is -0.307 e. The molecule has 1 heterocycles. The molecule has 0 spiro atoms. The number of pyridine rings is 1. The van der Waals surface area contributed by atoms with Gasteiger partial charge in [0.1, 0.15) is 11.0 Å². The number of hydrogen-bond acceptors (Lipinski definition) is 4. The first-order chi connectivity index (χ1) is 10.3. The fourth-order valence-corrected chi connectivity index (χ4v) is 2.72. The van der Waals surface area contributed by atoms with Gasteiger partial charge >= 0.3 is 0 Å². The number of halogens is 1. The largest absolute Gasteiger partial charge is 0.307 e. The molecular weight excluding hydrogens is 326 g/mol. The zero-order chi connectivity index (χ0) is 16.3. The molecule has 0 saturated carbocycles.